The van der Waals surface area contributed by atoms with Crippen LogP contribution >= 0.6 is 24.8 Å². The largest absolute Gasteiger partial charge is 0.147 e. The van der Waals surface area contributed by atoms with Gasteiger partial charge in [0, 0.05) is 0 Å². The Labute approximate surface area is 293 Å². The molecule has 46 heavy (non-hydrogen) atoms. The first-order chi connectivity index (χ1) is 20.8. The molecule has 0 nitrogen and oxygen atoms in total. The van der Waals surface area contributed by atoms with Crippen molar-refractivity contribution in [2.45, 2.75) is 76.8 Å². The topological polar surface area (TPSA) is 0 Å². The van der Waals surface area contributed by atoms with Crippen LogP contribution in [0.2, 0.25) is 9.26 Å². The first-order valence-corrected chi connectivity index (χ1v) is 30.4. The monoisotopic (exact) mass is 744 g/mol. The number of rotatable bonds is 7. The summed E-state index contributed by atoms with van der Waals surface area (Å²) in [6, 6.07) is 32.9. The molecule has 0 radical (unpaired) electrons. The van der Waals surface area contributed by atoms with E-state index in [1.165, 1.54) is 44.5 Å². The third-order valence-electron chi connectivity index (χ3n) is 10.7. The quantitative estimate of drug-likeness (QED) is 0.165. The Morgan fingerprint density at radius 3 is 1.37 bits per heavy atom. The van der Waals surface area contributed by atoms with Crippen molar-refractivity contribution in [3.63, 3.8) is 0 Å². The van der Waals surface area contributed by atoms with Crippen molar-refractivity contribution in [1.29, 1.82) is 0 Å². The summed E-state index contributed by atoms with van der Waals surface area (Å²) >= 11 is -3.64. The molecule has 2 atom stereocenters. The SMILES string of the molecule is CC1=Cc2c(-c3ccc(C(C)C)cc3)cccc2[CH]1[Zr]([CH3])([CH3])(=[SiH2])[CH]1C(C(C)C)=Cc2c(-c3ccc(C(C)C)cc3)cccc21.Cl.Cl. The van der Waals surface area contributed by atoms with E-state index in [9.17, 15) is 0 Å². The molecule has 2 aliphatic carbocycles. The van der Waals surface area contributed by atoms with Gasteiger partial charge < -0.3 is 0 Å². The molecule has 0 fully saturated rings. The van der Waals surface area contributed by atoms with Gasteiger partial charge in [0.15, 0.2) is 0 Å². The Kier molecular flexibility index (Phi) is 10.8. The number of halogens is 2. The molecular formula is C42H52Cl2SiZr. The number of allylic oxidation sites excluding steroid dienone is 2. The Hall–Kier alpha value is -1.96. The van der Waals surface area contributed by atoms with E-state index in [4.69, 9.17) is 0 Å². The molecule has 0 aromatic heterocycles. The number of hydrogen-bond donors (Lipinski definition) is 0. The van der Waals surface area contributed by atoms with Crippen LogP contribution in [0.15, 0.2) is 96.1 Å². The van der Waals surface area contributed by atoms with Crippen molar-refractivity contribution >= 4 is 43.8 Å². The van der Waals surface area contributed by atoms with Gasteiger partial charge in [0.1, 0.15) is 0 Å². The summed E-state index contributed by atoms with van der Waals surface area (Å²) in [4.78, 5) is 0. The van der Waals surface area contributed by atoms with Gasteiger partial charge in [0.25, 0.3) is 0 Å². The molecule has 242 valence electrons. The Balaban J connectivity index is 0.00000240. The molecule has 2 unspecified atom stereocenters. The molecule has 6 rings (SSSR count). The molecular weight excluding hydrogens is 695 g/mol. The number of fused-ring (bicyclic) bond motifs is 2. The fraction of sp³-hybridized carbons (Fsp3) is 0.333. The molecule has 0 spiro atoms. The van der Waals surface area contributed by atoms with E-state index in [2.05, 4.69) is 162 Å². The van der Waals surface area contributed by atoms with Crippen molar-refractivity contribution in [3.8, 4) is 22.3 Å². The molecule has 0 amide bonds. The minimum atomic E-state index is -3.64. The zero-order valence-electron chi connectivity index (χ0n) is 29.1. The van der Waals surface area contributed by atoms with Gasteiger partial charge >= 0.3 is 271 Å². The molecule has 0 heterocycles. The van der Waals surface area contributed by atoms with Gasteiger partial charge in [-0.25, -0.2) is 0 Å². The molecule has 0 bridgehead atoms. The van der Waals surface area contributed by atoms with Crippen LogP contribution in [-0.4, -0.2) is 6.88 Å². The molecule has 2 aliphatic rings. The molecule has 4 aromatic rings. The predicted molar refractivity (Wildman–Crippen MR) is 209 cm³/mol. The van der Waals surface area contributed by atoms with Gasteiger partial charge in [-0.2, -0.15) is 0 Å². The number of benzene rings is 4. The van der Waals surface area contributed by atoms with Gasteiger partial charge in [0.05, 0.1) is 0 Å². The van der Waals surface area contributed by atoms with Gasteiger partial charge in [-0.1, -0.05) is 0 Å². The van der Waals surface area contributed by atoms with E-state index in [1.807, 2.05) is 0 Å². The Bertz CT molecular complexity index is 1870. The van der Waals surface area contributed by atoms with Crippen molar-refractivity contribution in [2.24, 2.45) is 5.92 Å². The second-order valence-electron chi connectivity index (χ2n) is 15.7. The van der Waals surface area contributed by atoms with E-state index in [0.29, 0.717) is 25.0 Å². The van der Waals surface area contributed by atoms with Gasteiger partial charge in [0.2, 0.25) is 0 Å². The maximum absolute atomic E-state index is 3.64. The summed E-state index contributed by atoms with van der Waals surface area (Å²) < 4.78 is 6.57. The second kappa shape index (κ2) is 13.5. The smallest absolute Gasteiger partial charge is 0.147 e. The first-order valence-electron chi connectivity index (χ1n) is 16.7. The van der Waals surface area contributed by atoms with Crippen LogP contribution in [-0.2, 0) is 17.4 Å². The molecule has 0 saturated carbocycles. The van der Waals surface area contributed by atoms with Crippen LogP contribution in [0.1, 0.15) is 101 Å². The van der Waals surface area contributed by atoms with E-state index in [1.54, 1.807) is 22.3 Å². The van der Waals surface area contributed by atoms with Crippen molar-refractivity contribution < 1.29 is 17.4 Å². The van der Waals surface area contributed by atoms with Crippen LogP contribution in [0.25, 0.3) is 34.4 Å². The summed E-state index contributed by atoms with van der Waals surface area (Å²) in [6.07, 6.45) is 5.15. The summed E-state index contributed by atoms with van der Waals surface area (Å²) in [6.45, 7) is 18.8. The summed E-state index contributed by atoms with van der Waals surface area (Å²) in [5, 5.41) is 0. The minimum absolute atomic E-state index is 0. The second-order valence-corrected chi connectivity index (χ2v) is 46.1. The fourth-order valence-electron chi connectivity index (χ4n) is 8.56. The van der Waals surface area contributed by atoms with Gasteiger partial charge in [-0.15, -0.1) is 24.8 Å². The average molecular weight is 747 g/mol. The molecule has 4 aromatic carbocycles. The van der Waals surface area contributed by atoms with Gasteiger partial charge in [-0.05, 0) is 0 Å². The normalized spacial score (nSPS) is 17.3. The van der Waals surface area contributed by atoms with Crippen LogP contribution in [0, 0.1) is 5.92 Å². The zero-order chi connectivity index (χ0) is 31.6. The third kappa shape index (κ3) is 6.30. The standard InChI is InChI=1S/C21H23.C19H19.2CH3.2ClH.H2Si.Zr/c1-14(2)16-8-10-17(11-9-16)20-7-5-6-18-12-19(15(3)4)13-21(18)20;1-13(2)15-7-9-16(10-8-15)18-6-4-5-17-11-14(3)12-19(17)18;;;;;;/h5-15H,1-4H3;4-13H,1-3H3;2*1H3;2*1H;1H2;. The third-order valence-corrected chi connectivity index (χ3v) is 28.3. The fourth-order valence-corrected chi connectivity index (χ4v) is 29.1. The maximum Gasteiger partial charge on any atom is -0.147 e. The summed E-state index contributed by atoms with van der Waals surface area (Å²) in [5.74, 6) is 1.60. The molecule has 0 aliphatic heterocycles. The summed E-state index contributed by atoms with van der Waals surface area (Å²) in [5.41, 5.74) is 17.5. The molecule has 0 N–H and O–H groups in total. The van der Waals surface area contributed by atoms with Crippen LogP contribution in [0.4, 0.5) is 0 Å². The Morgan fingerprint density at radius 1 is 0.543 bits per heavy atom. The predicted octanol–water partition coefficient (Wildman–Crippen LogP) is 12.7. The van der Waals surface area contributed by atoms with E-state index in [0.717, 1.165) is 0 Å². The van der Waals surface area contributed by atoms with E-state index in [-0.39, 0.29) is 24.8 Å². The molecule has 4 heteroatoms. The minimum Gasteiger partial charge on any atom is -0.147 e. The van der Waals surface area contributed by atoms with Crippen LogP contribution in [0.5, 0.6) is 0 Å². The zero-order valence-corrected chi connectivity index (χ0v) is 34.7. The average Bonchev–Trinajstić information content (AvgIpc) is 3.56. The van der Waals surface area contributed by atoms with Crippen LogP contribution in [0.3, 0.4) is 0 Å². The number of hydrogen-bond acceptors (Lipinski definition) is 0. The first kappa shape index (κ1) is 36.9. The van der Waals surface area contributed by atoms with E-state index >= 15 is 0 Å². The van der Waals surface area contributed by atoms with Crippen LogP contribution < -0.4 is 0 Å². The maximum atomic E-state index is 2.76. The van der Waals surface area contributed by atoms with Crippen molar-refractivity contribution in [1.82, 2.24) is 0 Å². The van der Waals surface area contributed by atoms with Crippen molar-refractivity contribution in [3.05, 3.63) is 129 Å². The van der Waals surface area contributed by atoms with Crippen molar-refractivity contribution in [2.75, 3.05) is 0 Å². The molecule has 0 saturated heterocycles. The Morgan fingerprint density at radius 2 is 0.957 bits per heavy atom. The van der Waals surface area contributed by atoms with E-state index < -0.39 is 17.4 Å². The summed E-state index contributed by atoms with van der Waals surface area (Å²) in [7, 11) is 0. The van der Waals surface area contributed by atoms with Gasteiger partial charge in [-0.3, -0.25) is 0 Å².